The van der Waals surface area contributed by atoms with Crippen LogP contribution in [0.3, 0.4) is 0 Å². The molecule has 0 spiro atoms. The highest BCUT2D eigenvalue weighted by Crippen LogP contribution is 2.32. The summed E-state index contributed by atoms with van der Waals surface area (Å²) in [6.45, 7) is 4.75. The number of sulfonamides is 1. The smallest absolute Gasteiger partial charge is 0.264 e. The summed E-state index contributed by atoms with van der Waals surface area (Å²) in [5, 5.41) is 3.97. The van der Waals surface area contributed by atoms with Crippen molar-refractivity contribution in [2.24, 2.45) is 0 Å². The molecule has 2 amide bonds. The van der Waals surface area contributed by atoms with Gasteiger partial charge < -0.3 is 10.2 Å². The number of nitrogens with zero attached hydrogens (tertiary/aromatic N) is 2. The van der Waals surface area contributed by atoms with E-state index in [2.05, 4.69) is 5.32 Å². The van der Waals surface area contributed by atoms with Gasteiger partial charge in [-0.25, -0.2) is 8.42 Å². The predicted octanol–water partition coefficient (Wildman–Crippen LogP) is 7.71. The Bertz CT molecular complexity index is 1750. The average Bonchev–Trinajstić information content (AvgIpc) is 3.04. The zero-order valence-corrected chi connectivity index (χ0v) is 28.9. The van der Waals surface area contributed by atoms with Gasteiger partial charge in [-0.3, -0.25) is 13.9 Å². The van der Waals surface area contributed by atoms with Crippen molar-refractivity contribution in [1.29, 1.82) is 0 Å². The Morgan fingerprint density at radius 3 is 1.98 bits per heavy atom. The van der Waals surface area contributed by atoms with Crippen LogP contribution in [-0.4, -0.2) is 43.8 Å². The normalized spacial score (nSPS) is 12.7. The third kappa shape index (κ3) is 8.42. The van der Waals surface area contributed by atoms with Gasteiger partial charge in [0.05, 0.1) is 10.6 Å². The molecule has 0 fully saturated rings. The Morgan fingerprint density at radius 1 is 0.804 bits per heavy atom. The van der Waals surface area contributed by atoms with E-state index in [-0.39, 0.29) is 35.5 Å². The fraction of sp³-hybridized carbons (Fsp3) is 0.257. The van der Waals surface area contributed by atoms with Crippen molar-refractivity contribution in [2.75, 3.05) is 10.8 Å². The molecule has 4 rings (SSSR count). The SMILES string of the molecule is CC[C@H](C)NC(=O)[C@@H](Cc1ccccc1)N(Cc1c(Cl)cccc1Cl)C(=O)CN(c1cccc(Cl)c1C)S(=O)(=O)c1ccccc1. The van der Waals surface area contributed by atoms with E-state index in [0.29, 0.717) is 32.6 Å². The molecular weight excluding hydrogens is 665 g/mol. The summed E-state index contributed by atoms with van der Waals surface area (Å²) < 4.78 is 29.4. The molecule has 0 saturated heterocycles. The second-order valence-electron chi connectivity index (χ2n) is 11.0. The van der Waals surface area contributed by atoms with Crippen LogP contribution in [-0.2, 0) is 32.6 Å². The van der Waals surface area contributed by atoms with Gasteiger partial charge in [0.1, 0.15) is 12.6 Å². The third-order valence-corrected chi connectivity index (χ3v) is 10.7. The van der Waals surface area contributed by atoms with E-state index in [1.807, 2.05) is 44.2 Å². The van der Waals surface area contributed by atoms with Gasteiger partial charge in [0, 0.05) is 39.6 Å². The number of nitrogens with one attached hydrogen (secondary N) is 1. The molecule has 11 heteroatoms. The standard InChI is InChI=1S/C35H36Cl3N3O4S/c1-4-24(2)39-35(43)33(21-26-13-7-5-8-14-26)40(22-28-30(37)18-11-19-31(28)38)34(42)23-41(32-20-12-17-29(36)25(32)3)46(44,45)27-15-9-6-10-16-27/h5-20,24,33H,4,21-23H2,1-3H3,(H,39,43)/t24-,33+/m0/s1. The number of benzene rings is 4. The molecule has 4 aromatic rings. The lowest BCUT2D eigenvalue weighted by Gasteiger charge is -2.35. The van der Waals surface area contributed by atoms with Gasteiger partial charge in [-0.05, 0) is 67.8 Å². The summed E-state index contributed by atoms with van der Waals surface area (Å²) in [5.41, 5.74) is 1.97. The minimum atomic E-state index is -4.26. The van der Waals surface area contributed by atoms with Crippen LogP contribution in [0.25, 0.3) is 0 Å². The van der Waals surface area contributed by atoms with Gasteiger partial charge >= 0.3 is 0 Å². The summed E-state index contributed by atoms with van der Waals surface area (Å²) in [7, 11) is -4.26. The minimum absolute atomic E-state index is 0.00165. The van der Waals surface area contributed by atoms with Crippen LogP contribution in [0.15, 0.2) is 102 Å². The van der Waals surface area contributed by atoms with Crippen LogP contribution in [0.2, 0.25) is 15.1 Å². The average molecular weight is 701 g/mol. The molecule has 7 nitrogen and oxygen atoms in total. The van der Waals surface area contributed by atoms with Gasteiger partial charge in [-0.15, -0.1) is 0 Å². The van der Waals surface area contributed by atoms with E-state index in [1.165, 1.54) is 17.0 Å². The topological polar surface area (TPSA) is 86.8 Å². The molecule has 0 aliphatic carbocycles. The zero-order chi connectivity index (χ0) is 33.4. The Morgan fingerprint density at radius 2 is 1.37 bits per heavy atom. The van der Waals surface area contributed by atoms with Crippen molar-refractivity contribution in [3.63, 3.8) is 0 Å². The number of hydrogen-bond donors (Lipinski definition) is 1. The highest BCUT2D eigenvalue weighted by Gasteiger charge is 2.36. The van der Waals surface area contributed by atoms with Crippen LogP contribution >= 0.6 is 34.8 Å². The van der Waals surface area contributed by atoms with Gasteiger partial charge in [0.25, 0.3) is 10.0 Å². The predicted molar refractivity (Wildman–Crippen MR) is 186 cm³/mol. The van der Waals surface area contributed by atoms with Crippen LogP contribution < -0.4 is 9.62 Å². The first-order valence-corrected chi connectivity index (χ1v) is 17.4. The molecule has 0 aliphatic rings. The van der Waals surface area contributed by atoms with Crippen molar-refractivity contribution >= 4 is 62.3 Å². The lowest BCUT2D eigenvalue weighted by atomic mass is 10.0. The van der Waals surface area contributed by atoms with E-state index < -0.39 is 28.5 Å². The van der Waals surface area contributed by atoms with Gasteiger partial charge in [0.2, 0.25) is 11.8 Å². The number of rotatable bonds is 13. The Balaban J connectivity index is 1.87. The maximum absolute atomic E-state index is 14.6. The van der Waals surface area contributed by atoms with Crippen molar-refractivity contribution < 1.29 is 18.0 Å². The van der Waals surface area contributed by atoms with Gasteiger partial charge in [-0.2, -0.15) is 0 Å². The molecule has 2 atom stereocenters. The molecule has 242 valence electrons. The van der Waals surface area contributed by atoms with Crippen LogP contribution in [0.1, 0.15) is 37.0 Å². The maximum Gasteiger partial charge on any atom is 0.264 e. The molecule has 4 aromatic carbocycles. The minimum Gasteiger partial charge on any atom is -0.352 e. The number of carbonyl (C=O) groups is 2. The molecule has 0 radical (unpaired) electrons. The third-order valence-electron chi connectivity index (χ3n) is 7.78. The van der Waals surface area contributed by atoms with E-state index in [1.54, 1.807) is 61.5 Å². The number of amides is 2. The second-order valence-corrected chi connectivity index (χ2v) is 14.0. The molecule has 1 N–H and O–H groups in total. The number of hydrogen-bond acceptors (Lipinski definition) is 4. The monoisotopic (exact) mass is 699 g/mol. The lowest BCUT2D eigenvalue weighted by molar-refractivity contribution is -0.140. The molecule has 0 bridgehead atoms. The number of carbonyl (C=O) groups excluding carboxylic acids is 2. The largest absolute Gasteiger partial charge is 0.352 e. The molecule has 0 heterocycles. The Kier molecular flexibility index (Phi) is 12.1. The van der Waals surface area contributed by atoms with E-state index in [9.17, 15) is 18.0 Å². The maximum atomic E-state index is 14.6. The fourth-order valence-corrected chi connectivity index (χ4v) is 7.13. The first kappa shape index (κ1) is 35.3. The van der Waals surface area contributed by atoms with Crippen LogP contribution in [0.4, 0.5) is 5.69 Å². The summed E-state index contributed by atoms with van der Waals surface area (Å²) in [6, 6.07) is 25.8. The molecule has 0 saturated carbocycles. The van der Waals surface area contributed by atoms with Gasteiger partial charge in [-0.1, -0.05) is 102 Å². The number of halogens is 3. The Labute approximate surface area is 286 Å². The second kappa shape index (κ2) is 15.8. The molecule has 0 unspecified atom stereocenters. The quantitative estimate of drug-likeness (QED) is 0.155. The van der Waals surface area contributed by atoms with Crippen molar-refractivity contribution in [1.82, 2.24) is 10.2 Å². The first-order chi connectivity index (χ1) is 21.9. The van der Waals surface area contributed by atoms with Crippen molar-refractivity contribution in [3.8, 4) is 0 Å². The van der Waals surface area contributed by atoms with E-state index in [4.69, 9.17) is 34.8 Å². The van der Waals surface area contributed by atoms with Crippen molar-refractivity contribution in [3.05, 3.63) is 129 Å². The zero-order valence-electron chi connectivity index (χ0n) is 25.8. The summed E-state index contributed by atoms with van der Waals surface area (Å²) in [5.74, 6) is -1.01. The highest BCUT2D eigenvalue weighted by atomic mass is 35.5. The van der Waals surface area contributed by atoms with Crippen LogP contribution in [0.5, 0.6) is 0 Å². The Hall–Kier alpha value is -3.56. The first-order valence-electron chi connectivity index (χ1n) is 14.8. The molecule has 0 aromatic heterocycles. The molecular formula is C35H36Cl3N3O4S. The fourth-order valence-electron chi connectivity index (χ4n) is 4.95. The molecule has 46 heavy (non-hydrogen) atoms. The lowest BCUT2D eigenvalue weighted by Crippen LogP contribution is -2.54. The van der Waals surface area contributed by atoms with E-state index in [0.717, 1.165) is 9.87 Å². The summed E-state index contributed by atoms with van der Waals surface area (Å²) in [6.07, 6.45) is 0.837. The van der Waals surface area contributed by atoms with Crippen molar-refractivity contribution in [2.45, 2.75) is 57.1 Å². The number of anilines is 1. The summed E-state index contributed by atoms with van der Waals surface area (Å²) >= 11 is 19.6. The van der Waals surface area contributed by atoms with Crippen LogP contribution in [0, 0.1) is 6.92 Å². The highest BCUT2D eigenvalue weighted by molar-refractivity contribution is 7.92. The van der Waals surface area contributed by atoms with E-state index >= 15 is 0 Å². The van der Waals surface area contributed by atoms with Gasteiger partial charge in [0.15, 0.2) is 0 Å². The summed E-state index contributed by atoms with van der Waals surface area (Å²) in [4.78, 5) is 30.0. The molecule has 0 aliphatic heterocycles.